The number of nitrogens with zero attached hydrogens (tertiary/aromatic N) is 4. The normalized spacial score (nSPS) is 20.3. The summed E-state index contributed by atoms with van der Waals surface area (Å²) in [6.45, 7) is 4.41. The number of anilines is 2. The lowest BCUT2D eigenvalue weighted by atomic mass is 9.98. The van der Waals surface area contributed by atoms with Gasteiger partial charge in [0.05, 0.1) is 22.4 Å². The van der Waals surface area contributed by atoms with E-state index in [1.807, 2.05) is 24.4 Å². The molecule has 2 saturated heterocycles. The van der Waals surface area contributed by atoms with Gasteiger partial charge < -0.3 is 19.7 Å². The number of para-hydroxylation sites is 1. The van der Waals surface area contributed by atoms with Gasteiger partial charge in [-0.2, -0.15) is 0 Å². The Bertz CT molecular complexity index is 1380. The van der Waals surface area contributed by atoms with Crippen molar-refractivity contribution in [2.24, 2.45) is 5.92 Å². The maximum atomic E-state index is 6.93. The molecule has 4 heterocycles. The van der Waals surface area contributed by atoms with E-state index in [4.69, 9.17) is 28.8 Å². The third kappa shape index (κ3) is 4.60. The first-order valence-corrected chi connectivity index (χ1v) is 13.7. The minimum absolute atomic E-state index is 0.115. The Labute approximate surface area is 228 Å². The molecule has 0 saturated carbocycles. The molecule has 0 aliphatic carbocycles. The number of aromatic nitrogens is 2. The first-order valence-electron chi connectivity index (χ1n) is 12.9. The number of hydrogen-bond acceptors (Lipinski definition) is 3. The van der Waals surface area contributed by atoms with Gasteiger partial charge in [0, 0.05) is 42.6 Å². The lowest BCUT2D eigenvalue weighted by molar-refractivity contribution is 0.438. The lowest BCUT2D eigenvalue weighted by Gasteiger charge is -2.33. The van der Waals surface area contributed by atoms with Crippen molar-refractivity contribution in [3.8, 4) is 5.69 Å². The number of hydrogen-bond donors (Lipinski definition) is 1. The monoisotopic (exact) mass is 527 g/mol. The molecule has 2 aromatic carbocycles. The highest BCUT2D eigenvalue weighted by Crippen LogP contribution is 2.44. The minimum atomic E-state index is -0.118. The smallest absolute Gasteiger partial charge is 0.174 e. The molecule has 2 aliphatic heterocycles. The topological polar surface area (TPSA) is 36.3 Å². The number of nitrogens with one attached hydrogen (secondary N) is 1. The Balaban J connectivity index is 1.42. The van der Waals surface area contributed by atoms with Crippen molar-refractivity contribution >= 4 is 40.3 Å². The summed E-state index contributed by atoms with van der Waals surface area (Å²) in [6.07, 6.45) is 6.33. The summed E-state index contributed by atoms with van der Waals surface area (Å²) in [5.41, 5.74) is 5.25. The predicted molar refractivity (Wildman–Crippen MR) is 156 cm³/mol. The minimum Gasteiger partial charge on any atom is -0.370 e. The van der Waals surface area contributed by atoms with Crippen LogP contribution in [0.15, 0.2) is 91.3 Å². The summed E-state index contributed by atoms with van der Waals surface area (Å²) in [6, 6.07) is 26.8. The summed E-state index contributed by atoms with van der Waals surface area (Å²) in [5, 5.41) is 4.99. The number of rotatable bonds is 5. The summed E-state index contributed by atoms with van der Waals surface area (Å²) in [7, 11) is 0. The second-order valence-electron chi connectivity index (χ2n) is 9.94. The highest BCUT2D eigenvalue weighted by atomic mass is 35.5. The number of piperidine rings is 1. The van der Waals surface area contributed by atoms with Crippen LogP contribution in [-0.2, 0) is 0 Å². The van der Waals surface area contributed by atoms with Crippen molar-refractivity contribution in [1.29, 1.82) is 0 Å². The standard InChI is InChI=1S/C30H30ClN5S/c1-21-14-18-34(19-15-21)26-13-12-23(20-24(26)31)36-29(28(33-30(36)37)25-10-5-6-16-32-25)27-11-7-17-35(27)22-8-3-2-4-9-22/h2-13,16-17,20-21,28-29H,14-15,18-19H2,1H3,(H,33,37)/t28-,29-/m1/s1. The van der Waals surface area contributed by atoms with Crippen LogP contribution in [0.1, 0.15) is 43.2 Å². The summed E-state index contributed by atoms with van der Waals surface area (Å²) in [4.78, 5) is 9.29. The van der Waals surface area contributed by atoms with Gasteiger partial charge in [0.25, 0.3) is 0 Å². The van der Waals surface area contributed by atoms with E-state index in [-0.39, 0.29) is 12.1 Å². The number of benzene rings is 2. The van der Waals surface area contributed by atoms with Crippen LogP contribution < -0.4 is 15.1 Å². The summed E-state index contributed by atoms with van der Waals surface area (Å²) < 4.78 is 2.23. The average Bonchev–Trinajstić information content (AvgIpc) is 3.54. The lowest BCUT2D eigenvalue weighted by Crippen LogP contribution is -2.33. The van der Waals surface area contributed by atoms with E-state index in [2.05, 4.69) is 93.5 Å². The van der Waals surface area contributed by atoms with E-state index < -0.39 is 0 Å². The second-order valence-corrected chi connectivity index (χ2v) is 10.7. The molecule has 0 unspecified atom stereocenters. The molecule has 0 bridgehead atoms. The number of thiocarbonyl (C=S) groups is 1. The number of halogens is 1. The summed E-state index contributed by atoms with van der Waals surface area (Å²) >= 11 is 12.9. The third-order valence-corrected chi connectivity index (χ3v) is 8.17. The zero-order valence-electron chi connectivity index (χ0n) is 20.8. The first kappa shape index (κ1) is 24.0. The number of pyridine rings is 1. The van der Waals surface area contributed by atoms with Gasteiger partial charge in [-0.25, -0.2) is 0 Å². The van der Waals surface area contributed by atoms with Crippen LogP contribution >= 0.6 is 23.8 Å². The molecule has 7 heteroatoms. The molecule has 1 N–H and O–H groups in total. The van der Waals surface area contributed by atoms with Crippen molar-refractivity contribution in [3.63, 3.8) is 0 Å². The zero-order valence-corrected chi connectivity index (χ0v) is 22.4. The fourth-order valence-corrected chi connectivity index (χ4v) is 6.18. The van der Waals surface area contributed by atoms with Gasteiger partial charge >= 0.3 is 0 Å². The molecule has 2 aromatic heterocycles. The quantitative estimate of drug-likeness (QED) is 0.284. The molecule has 2 aliphatic rings. The average molecular weight is 528 g/mol. The van der Waals surface area contributed by atoms with Crippen molar-refractivity contribution in [1.82, 2.24) is 14.9 Å². The molecule has 37 heavy (non-hydrogen) atoms. The van der Waals surface area contributed by atoms with E-state index in [0.717, 1.165) is 52.5 Å². The fraction of sp³-hybridized carbons (Fsp3) is 0.267. The van der Waals surface area contributed by atoms with Gasteiger partial charge in [-0.3, -0.25) is 4.98 Å². The van der Waals surface area contributed by atoms with Crippen LogP contribution in [0, 0.1) is 5.92 Å². The zero-order chi connectivity index (χ0) is 25.4. The third-order valence-electron chi connectivity index (χ3n) is 7.55. The fourth-order valence-electron chi connectivity index (χ4n) is 5.54. The molecule has 2 atom stereocenters. The highest BCUT2D eigenvalue weighted by Gasteiger charge is 2.42. The second kappa shape index (κ2) is 10.2. The summed E-state index contributed by atoms with van der Waals surface area (Å²) in [5.74, 6) is 0.771. The molecule has 6 rings (SSSR count). The molecular formula is C30H30ClN5S. The van der Waals surface area contributed by atoms with Gasteiger partial charge in [-0.15, -0.1) is 0 Å². The molecule has 5 nitrogen and oxygen atoms in total. The van der Waals surface area contributed by atoms with E-state index in [0.29, 0.717) is 5.11 Å². The van der Waals surface area contributed by atoms with Gasteiger partial charge in [0.2, 0.25) is 0 Å². The molecule has 0 spiro atoms. The molecule has 2 fully saturated rings. The predicted octanol–water partition coefficient (Wildman–Crippen LogP) is 6.94. The van der Waals surface area contributed by atoms with Crippen LogP contribution in [0.5, 0.6) is 0 Å². The Hall–Kier alpha value is -3.35. The SMILES string of the molecule is CC1CCN(c2ccc(N3C(=S)N[C@H](c4ccccn4)[C@H]3c3cccn3-c3ccccc3)cc2Cl)CC1. The maximum Gasteiger partial charge on any atom is 0.174 e. The van der Waals surface area contributed by atoms with Crippen molar-refractivity contribution in [2.45, 2.75) is 31.8 Å². The Morgan fingerprint density at radius 1 is 0.919 bits per heavy atom. The van der Waals surface area contributed by atoms with Crippen LogP contribution in [0.25, 0.3) is 5.69 Å². The largest absolute Gasteiger partial charge is 0.370 e. The Morgan fingerprint density at radius 3 is 2.43 bits per heavy atom. The van der Waals surface area contributed by atoms with Crippen molar-refractivity contribution in [3.05, 3.63) is 108 Å². The molecule has 0 radical (unpaired) electrons. The first-order chi connectivity index (χ1) is 18.1. The van der Waals surface area contributed by atoms with E-state index in [9.17, 15) is 0 Å². The maximum absolute atomic E-state index is 6.93. The van der Waals surface area contributed by atoms with Crippen LogP contribution in [0.4, 0.5) is 11.4 Å². The van der Waals surface area contributed by atoms with Crippen molar-refractivity contribution < 1.29 is 0 Å². The molecule has 0 amide bonds. The molecule has 188 valence electrons. The van der Waals surface area contributed by atoms with E-state index in [1.54, 1.807) is 0 Å². The Morgan fingerprint density at radius 2 is 1.70 bits per heavy atom. The van der Waals surface area contributed by atoms with Crippen LogP contribution in [-0.4, -0.2) is 27.8 Å². The van der Waals surface area contributed by atoms with Gasteiger partial charge in [-0.05, 0) is 85.6 Å². The van der Waals surface area contributed by atoms with E-state index in [1.165, 1.54) is 12.8 Å². The van der Waals surface area contributed by atoms with Gasteiger partial charge in [-0.1, -0.05) is 42.8 Å². The van der Waals surface area contributed by atoms with Crippen molar-refractivity contribution in [2.75, 3.05) is 22.9 Å². The van der Waals surface area contributed by atoms with Crippen LogP contribution in [0.3, 0.4) is 0 Å². The van der Waals surface area contributed by atoms with Crippen LogP contribution in [0.2, 0.25) is 5.02 Å². The Kier molecular flexibility index (Phi) is 6.61. The van der Waals surface area contributed by atoms with Gasteiger partial charge in [0.1, 0.15) is 6.04 Å². The van der Waals surface area contributed by atoms with Gasteiger partial charge in [0.15, 0.2) is 5.11 Å². The van der Waals surface area contributed by atoms with E-state index >= 15 is 0 Å². The molecular weight excluding hydrogens is 498 g/mol. The highest BCUT2D eigenvalue weighted by molar-refractivity contribution is 7.80. The molecule has 4 aromatic rings.